The fourth-order valence-corrected chi connectivity index (χ4v) is 3.02. The molecule has 3 rings (SSSR count). The van der Waals surface area contributed by atoms with Crippen molar-refractivity contribution in [2.24, 2.45) is 5.10 Å². The molecule has 0 aliphatic rings. The largest absolute Gasteiger partial charge is 0.497 e. The number of hydrogen-bond donors (Lipinski definition) is 1. The molecular formula is C18H18N4O5S. The van der Waals surface area contributed by atoms with E-state index in [-0.39, 0.29) is 5.75 Å². The van der Waals surface area contributed by atoms with Crippen LogP contribution in [0.1, 0.15) is 11.3 Å². The maximum Gasteiger partial charge on any atom is 0.313 e. The molecule has 0 saturated carbocycles. The van der Waals surface area contributed by atoms with Gasteiger partial charge in [0, 0.05) is 11.6 Å². The van der Waals surface area contributed by atoms with Crippen LogP contribution in [0, 0.1) is 6.92 Å². The molecule has 0 bridgehead atoms. The van der Waals surface area contributed by atoms with Crippen molar-refractivity contribution in [3.63, 3.8) is 0 Å². The van der Waals surface area contributed by atoms with E-state index in [9.17, 15) is 4.79 Å². The van der Waals surface area contributed by atoms with E-state index in [2.05, 4.69) is 15.3 Å². The Labute approximate surface area is 165 Å². The highest BCUT2D eigenvalue weighted by atomic mass is 32.2. The van der Waals surface area contributed by atoms with Crippen molar-refractivity contribution in [3.8, 4) is 22.9 Å². The summed E-state index contributed by atoms with van der Waals surface area (Å²) < 4.78 is 17.4. The molecule has 0 saturated heterocycles. The van der Waals surface area contributed by atoms with Gasteiger partial charge >= 0.3 is 5.97 Å². The van der Waals surface area contributed by atoms with E-state index in [4.69, 9.17) is 19.0 Å². The summed E-state index contributed by atoms with van der Waals surface area (Å²) in [6.07, 6.45) is 3.13. The lowest BCUT2D eigenvalue weighted by molar-refractivity contribution is -0.133. The number of methoxy groups -OCH3 is 2. The van der Waals surface area contributed by atoms with E-state index in [1.807, 2.05) is 0 Å². The van der Waals surface area contributed by atoms with E-state index in [0.29, 0.717) is 39.4 Å². The van der Waals surface area contributed by atoms with Crippen LogP contribution in [0.2, 0.25) is 0 Å². The summed E-state index contributed by atoms with van der Waals surface area (Å²) in [5.41, 5.74) is 1.43. The third-order valence-corrected chi connectivity index (χ3v) is 4.69. The normalized spacial score (nSPS) is 11.1. The molecule has 2 aromatic heterocycles. The number of carboxylic acids is 1. The Morgan fingerprint density at radius 1 is 1.32 bits per heavy atom. The summed E-state index contributed by atoms with van der Waals surface area (Å²) >= 11 is 1.02. The van der Waals surface area contributed by atoms with Crippen LogP contribution < -0.4 is 9.47 Å². The maximum atomic E-state index is 10.9. The number of thioether (sulfide) groups is 1. The number of nitrogens with zero attached hydrogens (tertiary/aromatic N) is 4. The van der Waals surface area contributed by atoms with Crippen LogP contribution in [0.25, 0.3) is 11.4 Å². The van der Waals surface area contributed by atoms with Gasteiger partial charge in [0.1, 0.15) is 17.3 Å². The molecule has 0 atom stereocenters. The third kappa shape index (κ3) is 4.17. The predicted molar refractivity (Wildman–Crippen MR) is 103 cm³/mol. The molecule has 1 aromatic carbocycles. The minimum atomic E-state index is -0.957. The predicted octanol–water partition coefficient (Wildman–Crippen LogP) is 2.92. The van der Waals surface area contributed by atoms with Crippen molar-refractivity contribution in [1.29, 1.82) is 0 Å². The summed E-state index contributed by atoms with van der Waals surface area (Å²) in [6, 6.07) is 7.09. The lowest BCUT2D eigenvalue weighted by atomic mass is 10.2. The highest BCUT2D eigenvalue weighted by Crippen LogP contribution is 2.28. The van der Waals surface area contributed by atoms with Gasteiger partial charge in [0.2, 0.25) is 5.16 Å². The van der Waals surface area contributed by atoms with Gasteiger partial charge in [0.15, 0.2) is 5.82 Å². The second kappa shape index (κ2) is 8.61. The van der Waals surface area contributed by atoms with Crippen molar-refractivity contribution in [2.75, 3.05) is 20.0 Å². The molecule has 0 unspecified atom stereocenters. The van der Waals surface area contributed by atoms with Gasteiger partial charge in [-0.15, -0.1) is 10.2 Å². The second-order valence-corrected chi connectivity index (χ2v) is 6.49. The SMILES string of the molecule is COc1ccc(/C=N\n2c(SCC(=O)O)nnc2-c2ccoc2C)c(OC)c1. The molecule has 0 aliphatic heterocycles. The van der Waals surface area contributed by atoms with Gasteiger partial charge in [0.05, 0.1) is 38.0 Å². The van der Waals surface area contributed by atoms with Crippen LogP contribution in [0.3, 0.4) is 0 Å². The van der Waals surface area contributed by atoms with E-state index < -0.39 is 5.97 Å². The number of ether oxygens (including phenoxy) is 2. The minimum Gasteiger partial charge on any atom is -0.497 e. The zero-order chi connectivity index (χ0) is 20.1. The molecule has 2 heterocycles. The molecule has 146 valence electrons. The van der Waals surface area contributed by atoms with Crippen molar-refractivity contribution >= 4 is 23.9 Å². The average Bonchev–Trinajstić information content (AvgIpc) is 3.29. The number of carbonyl (C=O) groups is 1. The zero-order valence-corrected chi connectivity index (χ0v) is 16.3. The van der Waals surface area contributed by atoms with Gasteiger partial charge in [0.25, 0.3) is 0 Å². The molecule has 0 radical (unpaired) electrons. The van der Waals surface area contributed by atoms with Crippen LogP contribution in [-0.2, 0) is 4.79 Å². The highest BCUT2D eigenvalue weighted by Gasteiger charge is 2.18. The van der Waals surface area contributed by atoms with Crippen molar-refractivity contribution in [1.82, 2.24) is 14.9 Å². The lowest BCUT2D eigenvalue weighted by Crippen LogP contribution is -2.02. The maximum absolute atomic E-state index is 10.9. The highest BCUT2D eigenvalue weighted by molar-refractivity contribution is 7.99. The molecule has 0 spiro atoms. The Hall–Kier alpha value is -3.27. The Bertz CT molecular complexity index is 1010. The van der Waals surface area contributed by atoms with Crippen molar-refractivity contribution in [2.45, 2.75) is 12.1 Å². The number of carboxylic acid groups (broad SMARTS) is 1. The third-order valence-electron chi connectivity index (χ3n) is 3.79. The van der Waals surface area contributed by atoms with Gasteiger partial charge in [-0.25, -0.2) is 0 Å². The van der Waals surface area contributed by atoms with E-state index in [1.54, 1.807) is 57.9 Å². The molecule has 0 fully saturated rings. The van der Waals surface area contributed by atoms with Crippen molar-refractivity contribution in [3.05, 3.63) is 41.9 Å². The summed E-state index contributed by atoms with van der Waals surface area (Å²) in [7, 11) is 3.13. The van der Waals surface area contributed by atoms with Crippen LogP contribution in [0.15, 0.2) is 45.2 Å². The van der Waals surface area contributed by atoms with Crippen LogP contribution in [0.4, 0.5) is 0 Å². The first-order valence-electron chi connectivity index (χ1n) is 8.14. The standard InChI is InChI=1S/C18H18N4O5S/c1-11-14(6-7-27-11)17-20-21-18(28-10-16(23)24)22(17)19-9-12-4-5-13(25-2)8-15(12)26-3/h4-9H,10H2,1-3H3,(H,23,24)/b19-9-. The van der Waals surface area contributed by atoms with Crippen molar-refractivity contribution < 1.29 is 23.8 Å². The molecule has 10 heteroatoms. The van der Waals surface area contributed by atoms with Crippen LogP contribution in [0.5, 0.6) is 11.5 Å². The number of furan rings is 1. The summed E-state index contributed by atoms with van der Waals surface area (Å²) in [5, 5.41) is 22.0. The molecule has 28 heavy (non-hydrogen) atoms. The fraction of sp³-hybridized carbons (Fsp3) is 0.222. The first-order chi connectivity index (χ1) is 13.5. The summed E-state index contributed by atoms with van der Waals surface area (Å²) in [5.74, 6) is 1.22. The molecule has 9 nitrogen and oxygen atoms in total. The number of aliphatic carboxylic acids is 1. The number of aryl methyl sites for hydroxylation is 1. The van der Waals surface area contributed by atoms with Crippen LogP contribution in [-0.4, -0.2) is 52.1 Å². The fourth-order valence-electron chi connectivity index (χ4n) is 2.42. The lowest BCUT2D eigenvalue weighted by Gasteiger charge is -2.07. The van der Waals surface area contributed by atoms with Gasteiger partial charge in [-0.05, 0) is 25.1 Å². The molecule has 0 aliphatic carbocycles. The Balaban J connectivity index is 2.01. The van der Waals surface area contributed by atoms with E-state index >= 15 is 0 Å². The molecular weight excluding hydrogens is 384 g/mol. The van der Waals surface area contributed by atoms with Crippen LogP contribution >= 0.6 is 11.8 Å². The Morgan fingerprint density at radius 3 is 2.79 bits per heavy atom. The smallest absolute Gasteiger partial charge is 0.313 e. The molecule has 0 amide bonds. The van der Waals surface area contributed by atoms with Gasteiger partial charge in [-0.3, -0.25) is 4.79 Å². The number of hydrogen-bond acceptors (Lipinski definition) is 8. The number of benzene rings is 1. The summed E-state index contributed by atoms with van der Waals surface area (Å²) in [6.45, 7) is 1.80. The minimum absolute atomic E-state index is 0.163. The molecule has 1 N–H and O–H groups in total. The number of rotatable bonds is 8. The van der Waals surface area contributed by atoms with Gasteiger partial charge in [-0.2, -0.15) is 9.78 Å². The Morgan fingerprint density at radius 2 is 2.14 bits per heavy atom. The monoisotopic (exact) mass is 402 g/mol. The summed E-state index contributed by atoms with van der Waals surface area (Å²) in [4.78, 5) is 10.9. The average molecular weight is 402 g/mol. The van der Waals surface area contributed by atoms with Gasteiger partial charge < -0.3 is 19.0 Å². The first-order valence-corrected chi connectivity index (χ1v) is 9.13. The quantitative estimate of drug-likeness (QED) is 0.452. The number of aromatic nitrogens is 3. The van der Waals surface area contributed by atoms with Gasteiger partial charge in [-0.1, -0.05) is 11.8 Å². The Kier molecular flexibility index (Phi) is 5.99. The second-order valence-electron chi connectivity index (χ2n) is 5.54. The van der Waals surface area contributed by atoms with E-state index in [0.717, 1.165) is 11.8 Å². The zero-order valence-electron chi connectivity index (χ0n) is 15.4. The molecule has 3 aromatic rings. The first kappa shape index (κ1) is 19.5. The topological polar surface area (TPSA) is 112 Å². The van der Waals surface area contributed by atoms with E-state index in [1.165, 1.54) is 4.68 Å².